The van der Waals surface area contributed by atoms with Crippen LogP contribution in [-0.2, 0) is 0 Å². The first-order valence-corrected chi connectivity index (χ1v) is 8.40. The summed E-state index contributed by atoms with van der Waals surface area (Å²) in [6.45, 7) is 2.60. The van der Waals surface area contributed by atoms with Crippen LogP contribution < -0.4 is 20.8 Å². The molecule has 1 fully saturated rings. The summed E-state index contributed by atoms with van der Waals surface area (Å²) in [6.07, 6.45) is 0.488. The third-order valence-electron chi connectivity index (χ3n) is 4.46. The van der Waals surface area contributed by atoms with E-state index in [2.05, 4.69) is 15.6 Å². The van der Waals surface area contributed by atoms with Gasteiger partial charge in [-0.3, -0.25) is 10.1 Å². The average molecular weight is 370 g/mol. The van der Waals surface area contributed by atoms with Crippen molar-refractivity contribution in [3.63, 3.8) is 0 Å². The Morgan fingerprint density at radius 2 is 2.00 bits per heavy atom. The molecular formula is C15H20ClN5O4. The summed E-state index contributed by atoms with van der Waals surface area (Å²) >= 11 is 6.02. The van der Waals surface area contributed by atoms with Gasteiger partial charge in [-0.05, 0) is 31.0 Å². The summed E-state index contributed by atoms with van der Waals surface area (Å²) in [5, 5.41) is 22.3. The predicted molar refractivity (Wildman–Crippen MR) is 92.2 cm³/mol. The molecule has 3 rings (SSSR count). The van der Waals surface area contributed by atoms with Crippen LogP contribution in [0.1, 0.15) is 12.8 Å². The molecule has 1 saturated heterocycles. The number of likely N-dealkylation sites (tertiary alicyclic amines) is 1. The number of carbonyl (C=O) groups is 2. The molecule has 1 aromatic rings. The highest BCUT2D eigenvalue weighted by Gasteiger charge is 2.29. The van der Waals surface area contributed by atoms with Crippen molar-refractivity contribution in [3.05, 3.63) is 23.2 Å². The number of hydrazine groups is 1. The molecule has 1 aromatic carbocycles. The Morgan fingerprint density at radius 3 is 2.68 bits per heavy atom. The number of carbonyl (C=O) groups excluding carboxylic acids is 1. The van der Waals surface area contributed by atoms with E-state index >= 15 is 0 Å². The molecule has 2 aliphatic heterocycles. The van der Waals surface area contributed by atoms with E-state index < -0.39 is 12.1 Å². The molecule has 2 heterocycles. The van der Waals surface area contributed by atoms with Crippen LogP contribution in [0, 0.1) is 0 Å². The maximum atomic E-state index is 12.2. The standard InChI is InChI=1S/C15H20ClN5O4/c16-10-1-2-12-13(9-10)20(14(22)18-21(12)25)8-7-19-5-3-11(4-6-19)17-15(23)24/h1-2,9,11,17,25H,3-8H2,(H,18,22)(H,23,24). The maximum absolute atomic E-state index is 12.2. The molecule has 0 spiro atoms. The summed E-state index contributed by atoms with van der Waals surface area (Å²) in [7, 11) is 0. The largest absolute Gasteiger partial charge is 0.465 e. The van der Waals surface area contributed by atoms with Crippen LogP contribution in [0.15, 0.2) is 18.2 Å². The van der Waals surface area contributed by atoms with Gasteiger partial charge in [-0.25, -0.2) is 15.0 Å². The molecule has 9 nitrogen and oxygen atoms in total. The van der Waals surface area contributed by atoms with Gasteiger partial charge in [0.2, 0.25) is 0 Å². The molecule has 2 aliphatic rings. The van der Waals surface area contributed by atoms with Crippen molar-refractivity contribution in [3.8, 4) is 0 Å². The topological polar surface area (TPSA) is 108 Å². The SMILES string of the molecule is O=C(O)NC1CCN(CCN2C(=O)NN(O)c3ccc(Cl)cc32)CC1. The molecule has 25 heavy (non-hydrogen) atoms. The second-order valence-corrected chi connectivity index (χ2v) is 6.52. The zero-order chi connectivity index (χ0) is 18.0. The van der Waals surface area contributed by atoms with E-state index in [1.807, 2.05) is 0 Å². The van der Waals surface area contributed by atoms with E-state index in [0.29, 0.717) is 34.7 Å². The van der Waals surface area contributed by atoms with Gasteiger partial charge in [0.1, 0.15) is 5.69 Å². The molecule has 4 N–H and O–H groups in total. The van der Waals surface area contributed by atoms with Crippen molar-refractivity contribution in [1.82, 2.24) is 15.6 Å². The van der Waals surface area contributed by atoms with E-state index in [1.54, 1.807) is 18.2 Å². The fourth-order valence-electron chi connectivity index (χ4n) is 3.15. The normalized spacial score (nSPS) is 18.7. The minimum Gasteiger partial charge on any atom is -0.465 e. The van der Waals surface area contributed by atoms with Gasteiger partial charge in [-0.2, -0.15) is 5.17 Å². The van der Waals surface area contributed by atoms with Crippen LogP contribution >= 0.6 is 11.6 Å². The number of nitrogens with zero attached hydrogens (tertiary/aromatic N) is 3. The third kappa shape index (κ3) is 4.06. The van der Waals surface area contributed by atoms with Gasteiger partial charge >= 0.3 is 12.1 Å². The number of amides is 3. The average Bonchev–Trinajstić information content (AvgIpc) is 2.55. The smallest absolute Gasteiger partial charge is 0.404 e. The monoisotopic (exact) mass is 369 g/mol. The van der Waals surface area contributed by atoms with E-state index in [1.165, 1.54) is 4.90 Å². The minimum atomic E-state index is -0.995. The molecule has 0 bridgehead atoms. The van der Waals surface area contributed by atoms with Crippen molar-refractivity contribution in [1.29, 1.82) is 0 Å². The highest BCUT2D eigenvalue weighted by atomic mass is 35.5. The van der Waals surface area contributed by atoms with E-state index in [-0.39, 0.29) is 6.04 Å². The Morgan fingerprint density at radius 1 is 1.28 bits per heavy atom. The van der Waals surface area contributed by atoms with Crippen LogP contribution in [0.2, 0.25) is 5.02 Å². The van der Waals surface area contributed by atoms with Gasteiger partial charge in [0, 0.05) is 37.2 Å². The van der Waals surface area contributed by atoms with Gasteiger partial charge in [0.05, 0.1) is 5.69 Å². The number of fused-ring (bicyclic) bond motifs is 1. The fourth-order valence-corrected chi connectivity index (χ4v) is 3.32. The molecule has 0 atom stereocenters. The van der Waals surface area contributed by atoms with Gasteiger partial charge < -0.3 is 15.3 Å². The Labute approximate surface area is 149 Å². The second-order valence-electron chi connectivity index (χ2n) is 6.08. The molecule has 0 unspecified atom stereocenters. The Balaban J connectivity index is 1.60. The van der Waals surface area contributed by atoms with Crippen molar-refractivity contribution < 1.29 is 19.9 Å². The zero-order valence-electron chi connectivity index (χ0n) is 13.5. The number of halogens is 1. The van der Waals surface area contributed by atoms with E-state index in [4.69, 9.17) is 16.7 Å². The van der Waals surface area contributed by atoms with Gasteiger partial charge in [-0.1, -0.05) is 11.6 Å². The molecule has 3 amide bonds. The van der Waals surface area contributed by atoms with Crippen molar-refractivity contribution in [2.24, 2.45) is 0 Å². The third-order valence-corrected chi connectivity index (χ3v) is 4.69. The van der Waals surface area contributed by atoms with Crippen LogP contribution in [0.5, 0.6) is 0 Å². The number of carboxylic acid groups (broad SMARTS) is 1. The van der Waals surface area contributed by atoms with E-state index in [9.17, 15) is 14.8 Å². The summed E-state index contributed by atoms with van der Waals surface area (Å²) in [5.41, 5.74) is 3.36. The molecular weight excluding hydrogens is 350 g/mol. The van der Waals surface area contributed by atoms with Crippen molar-refractivity contribution in [2.45, 2.75) is 18.9 Å². The molecule has 136 valence electrons. The first kappa shape index (κ1) is 17.6. The zero-order valence-corrected chi connectivity index (χ0v) is 14.2. The number of rotatable bonds is 4. The lowest BCUT2D eigenvalue weighted by Crippen LogP contribution is -2.54. The molecule has 0 aromatic heterocycles. The second kappa shape index (κ2) is 7.34. The number of hydrogen-bond donors (Lipinski definition) is 4. The first-order valence-electron chi connectivity index (χ1n) is 8.02. The minimum absolute atomic E-state index is 0.0190. The Kier molecular flexibility index (Phi) is 5.16. The summed E-state index contributed by atoms with van der Waals surface area (Å²) in [4.78, 5) is 26.6. The highest BCUT2D eigenvalue weighted by molar-refractivity contribution is 6.31. The first-order chi connectivity index (χ1) is 11.9. The lowest BCUT2D eigenvalue weighted by molar-refractivity contribution is 0.168. The van der Waals surface area contributed by atoms with Crippen molar-refractivity contribution in [2.75, 3.05) is 36.3 Å². The van der Waals surface area contributed by atoms with Crippen LogP contribution in [0.25, 0.3) is 0 Å². The van der Waals surface area contributed by atoms with Crippen LogP contribution in [0.4, 0.5) is 21.0 Å². The lowest BCUT2D eigenvalue weighted by atomic mass is 10.1. The number of hydrogen-bond acceptors (Lipinski definition) is 5. The van der Waals surface area contributed by atoms with Crippen LogP contribution in [0.3, 0.4) is 0 Å². The number of nitrogens with one attached hydrogen (secondary N) is 2. The van der Waals surface area contributed by atoms with Gasteiger partial charge in [0.25, 0.3) is 0 Å². The number of benzene rings is 1. The summed E-state index contributed by atoms with van der Waals surface area (Å²) < 4.78 is 0. The van der Waals surface area contributed by atoms with Gasteiger partial charge in [0.15, 0.2) is 0 Å². The summed E-state index contributed by atoms with van der Waals surface area (Å²) in [6, 6.07) is 4.46. The van der Waals surface area contributed by atoms with Crippen molar-refractivity contribution >= 4 is 35.1 Å². The predicted octanol–water partition coefficient (Wildman–Crippen LogP) is 1.71. The number of piperidine rings is 1. The van der Waals surface area contributed by atoms with E-state index in [0.717, 1.165) is 25.9 Å². The quantitative estimate of drug-likeness (QED) is 0.643. The van der Waals surface area contributed by atoms with Crippen LogP contribution in [-0.4, -0.2) is 59.6 Å². The maximum Gasteiger partial charge on any atom is 0.404 e. The Hall–Kier alpha value is -2.23. The molecule has 10 heteroatoms. The number of anilines is 2. The molecule has 0 saturated carbocycles. The molecule has 0 aliphatic carbocycles. The number of urea groups is 1. The fraction of sp³-hybridized carbons (Fsp3) is 0.467. The highest BCUT2D eigenvalue weighted by Crippen LogP contribution is 2.33. The van der Waals surface area contributed by atoms with Gasteiger partial charge in [-0.15, -0.1) is 0 Å². The molecule has 0 radical (unpaired) electrons. The summed E-state index contributed by atoms with van der Waals surface area (Å²) in [5.74, 6) is 0. The Bertz CT molecular complexity index is 665. The lowest BCUT2D eigenvalue weighted by Gasteiger charge is -2.37.